The normalized spacial score (nSPS) is 10.4. The number of aryl methyl sites for hydroxylation is 2. The molecule has 1 aromatic carbocycles. The molecule has 0 aliphatic rings. The van der Waals surface area contributed by atoms with Crippen molar-refractivity contribution in [3.63, 3.8) is 0 Å². The van der Waals surface area contributed by atoms with Crippen molar-refractivity contribution in [2.75, 3.05) is 13.1 Å². The Balaban J connectivity index is 2.48. The van der Waals surface area contributed by atoms with Crippen LogP contribution >= 0.6 is 0 Å². The van der Waals surface area contributed by atoms with E-state index in [9.17, 15) is 4.79 Å². The molecule has 0 saturated heterocycles. The maximum atomic E-state index is 12.7. The minimum atomic E-state index is -0.0387. The fourth-order valence-corrected chi connectivity index (χ4v) is 2.33. The van der Waals surface area contributed by atoms with Gasteiger partial charge in [-0.15, -0.1) is 13.2 Å². The number of fused-ring (bicyclic) bond motifs is 1. The van der Waals surface area contributed by atoms with Crippen molar-refractivity contribution >= 4 is 16.8 Å². The molecule has 0 unspecified atom stereocenters. The molecule has 2 aromatic rings. The third kappa shape index (κ3) is 3.19. The summed E-state index contributed by atoms with van der Waals surface area (Å²) in [6.45, 7) is 12.3. The zero-order valence-corrected chi connectivity index (χ0v) is 12.6. The summed E-state index contributed by atoms with van der Waals surface area (Å²) in [5.41, 5.74) is 3.44. The molecule has 0 aliphatic heterocycles. The van der Waals surface area contributed by atoms with E-state index in [2.05, 4.69) is 18.1 Å². The van der Waals surface area contributed by atoms with Gasteiger partial charge >= 0.3 is 0 Å². The standard InChI is InChI=1S/C18H20N2O/c1-5-9-20(10-6-2)18(21)16-12-15-11-13(3)7-8-17(15)19-14(16)4/h5-8,11-12H,1-2,9-10H2,3-4H3. The summed E-state index contributed by atoms with van der Waals surface area (Å²) < 4.78 is 0. The fourth-order valence-electron chi connectivity index (χ4n) is 2.33. The van der Waals surface area contributed by atoms with Gasteiger partial charge in [0.1, 0.15) is 0 Å². The Morgan fingerprint density at radius 3 is 2.48 bits per heavy atom. The number of benzene rings is 1. The van der Waals surface area contributed by atoms with E-state index >= 15 is 0 Å². The lowest BCUT2D eigenvalue weighted by Crippen LogP contribution is -2.32. The van der Waals surface area contributed by atoms with Crippen molar-refractivity contribution in [3.05, 3.63) is 66.4 Å². The van der Waals surface area contributed by atoms with E-state index in [0.717, 1.165) is 22.2 Å². The highest BCUT2D eigenvalue weighted by Crippen LogP contribution is 2.19. The van der Waals surface area contributed by atoms with E-state index in [1.807, 2.05) is 38.1 Å². The van der Waals surface area contributed by atoms with E-state index in [1.165, 1.54) is 0 Å². The summed E-state index contributed by atoms with van der Waals surface area (Å²) in [5.74, 6) is -0.0387. The van der Waals surface area contributed by atoms with Crippen LogP contribution in [0.3, 0.4) is 0 Å². The minimum absolute atomic E-state index is 0.0387. The molecular formula is C18H20N2O. The summed E-state index contributed by atoms with van der Waals surface area (Å²) in [7, 11) is 0. The Morgan fingerprint density at radius 1 is 1.19 bits per heavy atom. The highest BCUT2D eigenvalue weighted by atomic mass is 16.2. The topological polar surface area (TPSA) is 33.2 Å². The number of hydrogen-bond acceptors (Lipinski definition) is 2. The molecular weight excluding hydrogens is 260 g/mol. The number of amides is 1. The van der Waals surface area contributed by atoms with Gasteiger partial charge in [-0.05, 0) is 32.0 Å². The van der Waals surface area contributed by atoms with Crippen LogP contribution in [0, 0.1) is 13.8 Å². The van der Waals surface area contributed by atoms with Gasteiger partial charge in [-0.3, -0.25) is 9.78 Å². The molecule has 0 bridgehead atoms. The number of hydrogen-bond donors (Lipinski definition) is 0. The van der Waals surface area contributed by atoms with Crippen LogP contribution in [0.2, 0.25) is 0 Å². The summed E-state index contributed by atoms with van der Waals surface area (Å²) in [4.78, 5) is 18.9. The molecule has 1 aromatic heterocycles. The first-order valence-electron chi connectivity index (χ1n) is 6.96. The van der Waals surface area contributed by atoms with Gasteiger partial charge < -0.3 is 4.90 Å². The van der Waals surface area contributed by atoms with Crippen LogP contribution in [0.4, 0.5) is 0 Å². The number of pyridine rings is 1. The van der Waals surface area contributed by atoms with Crippen molar-refractivity contribution in [3.8, 4) is 0 Å². The number of nitrogens with zero attached hydrogens (tertiary/aromatic N) is 2. The van der Waals surface area contributed by atoms with Crippen LogP contribution in [0.5, 0.6) is 0 Å². The number of carbonyl (C=O) groups is 1. The lowest BCUT2D eigenvalue weighted by Gasteiger charge is -2.20. The molecule has 2 rings (SSSR count). The van der Waals surface area contributed by atoms with Crippen molar-refractivity contribution in [2.45, 2.75) is 13.8 Å². The third-order valence-electron chi connectivity index (χ3n) is 3.38. The van der Waals surface area contributed by atoms with Gasteiger partial charge in [0.05, 0.1) is 16.8 Å². The zero-order chi connectivity index (χ0) is 15.4. The lowest BCUT2D eigenvalue weighted by atomic mass is 10.1. The Morgan fingerprint density at radius 2 is 1.86 bits per heavy atom. The monoisotopic (exact) mass is 280 g/mol. The quantitative estimate of drug-likeness (QED) is 0.783. The van der Waals surface area contributed by atoms with Gasteiger partial charge in [0.15, 0.2) is 0 Å². The van der Waals surface area contributed by atoms with Crippen LogP contribution in [-0.4, -0.2) is 28.9 Å². The number of rotatable bonds is 5. The molecule has 108 valence electrons. The van der Waals surface area contributed by atoms with E-state index in [1.54, 1.807) is 17.1 Å². The van der Waals surface area contributed by atoms with Gasteiger partial charge in [0.2, 0.25) is 0 Å². The summed E-state index contributed by atoms with van der Waals surface area (Å²) >= 11 is 0. The van der Waals surface area contributed by atoms with Gasteiger partial charge in [-0.2, -0.15) is 0 Å². The lowest BCUT2D eigenvalue weighted by molar-refractivity contribution is 0.0790. The average molecular weight is 280 g/mol. The van der Waals surface area contributed by atoms with Gasteiger partial charge in [0.25, 0.3) is 5.91 Å². The van der Waals surface area contributed by atoms with Crippen LogP contribution in [0.25, 0.3) is 10.9 Å². The first kappa shape index (κ1) is 15.0. The van der Waals surface area contributed by atoms with E-state index in [-0.39, 0.29) is 5.91 Å². The molecule has 0 spiro atoms. The van der Waals surface area contributed by atoms with Gasteiger partial charge in [-0.1, -0.05) is 23.8 Å². The third-order valence-corrected chi connectivity index (χ3v) is 3.38. The molecule has 0 aliphatic carbocycles. The Bertz CT molecular complexity index is 694. The second-order valence-corrected chi connectivity index (χ2v) is 5.10. The van der Waals surface area contributed by atoms with Crippen molar-refractivity contribution < 1.29 is 4.79 Å². The second kappa shape index (κ2) is 6.35. The zero-order valence-electron chi connectivity index (χ0n) is 12.6. The highest BCUT2D eigenvalue weighted by molar-refractivity contribution is 5.98. The highest BCUT2D eigenvalue weighted by Gasteiger charge is 2.17. The van der Waals surface area contributed by atoms with E-state index < -0.39 is 0 Å². The van der Waals surface area contributed by atoms with Crippen LogP contribution in [0.15, 0.2) is 49.6 Å². The van der Waals surface area contributed by atoms with Crippen molar-refractivity contribution in [2.24, 2.45) is 0 Å². The predicted molar refractivity (Wildman–Crippen MR) is 87.5 cm³/mol. The molecule has 0 saturated carbocycles. The van der Waals surface area contributed by atoms with Gasteiger partial charge in [0, 0.05) is 18.5 Å². The van der Waals surface area contributed by atoms with Crippen molar-refractivity contribution in [1.29, 1.82) is 0 Å². The summed E-state index contributed by atoms with van der Waals surface area (Å²) in [6, 6.07) is 7.98. The maximum absolute atomic E-state index is 12.7. The summed E-state index contributed by atoms with van der Waals surface area (Å²) in [6.07, 6.45) is 3.44. The smallest absolute Gasteiger partial charge is 0.256 e. The Kier molecular flexibility index (Phi) is 4.53. The molecule has 0 fully saturated rings. The van der Waals surface area contributed by atoms with Crippen molar-refractivity contribution in [1.82, 2.24) is 9.88 Å². The molecule has 1 amide bonds. The Hall–Kier alpha value is -2.42. The summed E-state index contributed by atoms with van der Waals surface area (Å²) in [5, 5.41) is 0.987. The van der Waals surface area contributed by atoms with Crippen LogP contribution in [-0.2, 0) is 0 Å². The maximum Gasteiger partial charge on any atom is 0.256 e. The first-order chi connectivity index (χ1) is 10.1. The molecule has 3 heteroatoms. The predicted octanol–water partition coefficient (Wildman–Crippen LogP) is 3.67. The Labute approximate surface area is 125 Å². The first-order valence-corrected chi connectivity index (χ1v) is 6.96. The van der Waals surface area contributed by atoms with Crippen LogP contribution in [0.1, 0.15) is 21.6 Å². The molecule has 0 radical (unpaired) electrons. The molecule has 1 heterocycles. The second-order valence-electron chi connectivity index (χ2n) is 5.10. The molecule has 21 heavy (non-hydrogen) atoms. The fraction of sp³-hybridized carbons (Fsp3) is 0.222. The molecule has 0 atom stereocenters. The van der Waals surface area contributed by atoms with E-state index in [0.29, 0.717) is 18.7 Å². The SMILES string of the molecule is C=CCN(CC=C)C(=O)c1cc2cc(C)ccc2nc1C. The molecule has 0 N–H and O–H groups in total. The van der Waals surface area contributed by atoms with Crippen LogP contribution < -0.4 is 0 Å². The average Bonchev–Trinajstić information content (AvgIpc) is 2.46. The van der Waals surface area contributed by atoms with Gasteiger partial charge in [-0.25, -0.2) is 0 Å². The number of carbonyl (C=O) groups excluding carboxylic acids is 1. The van der Waals surface area contributed by atoms with E-state index in [4.69, 9.17) is 0 Å². The largest absolute Gasteiger partial charge is 0.331 e. The minimum Gasteiger partial charge on any atom is -0.331 e. The number of aromatic nitrogens is 1. The molecule has 3 nitrogen and oxygen atoms in total.